The molecule has 0 aliphatic rings. The highest BCUT2D eigenvalue weighted by Crippen LogP contribution is 2.29. The molecule has 0 spiro atoms. The Bertz CT molecular complexity index is 1480. The van der Waals surface area contributed by atoms with Crippen LogP contribution in [-0.2, 0) is 0 Å². The van der Waals surface area contributed by atoms with Gasteiger partial charge in [-0.25, -0.2) is 9.97 Å². The Balaban J connectivity index is 1.67. The fraction of sp³-hybridized carbons (Fsp3) is 0.0833. The van der Waals surface area contributed by atoms with Gasteiger partial charge in [-0.15, -0.1) is 11.3 Å². The summed E-state index contributed by atoms with van der Waals surface area (Å²) in [5.74, 6) is -0.169. The van der Waals surface area contributed by atoms with E-state index in [2.05, 4.69) is 10.4 Å². The van der Waals surface area contributed by atoms with E-state index in [4.69, 9.17) is 15.7 Å². The van der Waals surface area contributed by atoms with Crippen LogP contribution in [0, 0.1) is 13.8 Å². The average molecular weight is 441 g/mol. The van der Waals surface area contributed by atoms with Crippen molar-refractivity contribution in [3.63, 3.8) is 0 Å². The van der Waals surface area contributed by atoms with E-state index >= 15 is 0 Å². The summed E-state index contributed by atoms with van der Waals surface area (Å²) in [7, 11) is 0. The lowest BCUT2D eigenvalue weighted by Crippen LogP contribution is -2.14. The van der Waals surface area contributed by atoms with E-state index in [-0.39, 0.29) is 17.3 Å². The lowest BCUT2D eigenvalue weighted by molar-refractivity contribution is 0.102. The van der Waals surface area contributed by atoms with Gasteiger partial charge in [-0.05, 0) is 60.7 Å². The van der Waals surface area contributed by atoms with Crippen molar-refractivity contribution in [2.75, 3.05) is 11.1 Å². The number of amides is 1. The normalized spacial score (nSPS) is 11.6. The van der Waals surface area contributed by atoms with Gasteiger partial charge in [0.2, 0.25) is 0 Å². The van der Waals surface area contributed by atoms with Gasteiger partial charge < -0.3 is 11.1 Å². The van der Waals surface area contributed by atoms with Gasteiger partial charge >= 0.3 is 0 Å². The minimum Gasteiger partial charge on any atom is -0.383 e. The minimum absolute atomic E-state index is 0.185. The van der Waals surface area contributed by atoms with E-state index in [1.807, 2.05) is 73.8 Å². The lowest BCUT2D eigenvalue weighted by Gasteiger charge is -2.07. The number of carbonyl (C=O) groups is 1. The molecule has 0 atom stereocenters. The van der Waals surface area contributed by atoms with Crippen molar-refractivity contribution in [2.24, 2.45) is 5.10 Å². The highest BCUT2D eigenvalue weighted by Gasteiger charge is 2.24. The number of nitrogens with two attached hydrogens (primary N) is 1. The molecule has 0 aliphatic carbocycles. The maximum atomic E-state index is 13.3. The second-order valence-electron chi connectivity index (χ2n) is 7.55. The third-order valence-corrected chi connectivity index (χ3v) is 5.83. The number of anilines is 2. The van der Waals surface area contributed by atoms with Gasteiger partial charge in [-0.2, -0.15) is 9.78 Å². The molecule has 0 bridgehead atoms. The number of hydrogen-bond donors (Lipinski definition) is 2. The Hall–Kier alpha value is -4.04. The third kappa shape index (κ3) is 3.61. The smallest absolute Gasteiger partial charge is 0.261 e. The van der Waals surface area contributed by atoms with Gasteiger partial charge in [0, 0.05) is 10.6 Å². The van der Waals surface area contributed by atoms with Crippen molar-refractivity contribution in [3.05, 3.63) is 81.5 Å². The largest absolute Gasteiger partial charge is 0.383 e. The second-order valence-corrected chi connectivity index (χ2v) is 8.53. The molecule has 7 nitrogen and oxygen atoms in total. The number of nitrogen functional groups attached to an aromatic ring is 1. The molecule has 1 amide bonds. The molecule has 8 heteroatoms. The number of rotatable bonds is 4. The Kier molecular flexibility index (Phi) is 4.91. The third-order valence-electron chi connectivity index (χ3n) is 5.02. The average Bonchev–Trinajstić information content (AvgIpc) is 3.35. The maximum Gasteiger partial charge on any atom is 0.261 e. The summed E-state index contributed by atoms with van der Waals surface area (Å²) in [5.41, 5.74) is 11.7. The molecule has 0 aliphatic heterocycles. The predicted octanol–water partition coefficient (Wildman–Crippen LogP) is 4.98. The van der Waals surface area contributed by atoms with E-state index in [1.165, 1.54) is 4.68 Å². The zero-order chi connectivity index (χ0) is 22.2. The van der Waals surface area contributed by atoms with Crippen LogP contribution in [-0.4, -0.2) is 26.8 Å². The van der Waals surface area contributed by atoms with Gasteiger partial charge in [-0.1, -0.05) is 24.3 Å². The van der Waals surface area contributed by atoms with Crippen molar-refractivity contribution < 1.29 is 4.79 Å². The van der Waals surface area contributed by atoms with Gasteiger partial charge in [0.1, 0.15) is 16.9 Å². The number of para-hydroxylation sites is 2. The summed E-state index contributed by atoms with van der Waals surface area (Å²) < 4.78 is 1.48. The van der Waals surface area contributed by atoms with Crippen LogP contribution in [0.3, 0.4) is 0 Å². The summed E-state index contributed by atoms with van der Waals surface area (Å²) in [6, 6.07) is 17.3. The Morgan fingerprint density at radius 2 is 1.78 bits per heavy atom. The molecule has 158 valence electrons. The van der Waals surface area contributed by atoms with Crippen molar-refractivity contribution in [3.8, 4) is 0 Å². The molecule has 0 saturated heterocycles. The summed E-state index contributed by atoms with van der Waals surface area (Å²) in [4.78, 5) is 23.7. The van der Waals surface area contributed by atoms with Crippen LogP contribution in [0.15, 0.2) is 65.1 Å². The molecule has 0 fully saturated rings. The first-order valence-electron chi connectivity index (χ1n) is 10.0. The molecule has 0 unspecified atom stereocenters. The molecular weight excluding hydrogens is 420 g/mol. The predicted molar refractivity (Wildman–Crippen MR) is 131 cm³/mol. The van der Waals surface area contributed by atoms with E-state index in [1.54, 1.807) is 17.6 Å². The van der Waals surface area contributed by atoms with Gasteiger partial charge in [0.05, 0.1) is 17.2 Å². The van der Waals surface area contributed by atoms with Crippen LogP contribution in [0.4, 0.5) is 11.5 Å². The summed E-state index contributed by atoms with van der Waals surface area (Å²) in [5, 5.41) is 9.44. The van der Waals surface area contributed by atoms with Crippen LogP contribution < -0.4 is 11.1 Å². The molecule has 2 aromatic carbocycles. The van der Waals surface area contributed by atoms with Crippen molar-refractivity contribution in [1.29, 1.82) is 0 Å². The second kappa shape index (κ2) is 7.90. The fourth-order valence-corrected chi connectivity index (χ4v) is 4.29. The zero-order valence-corrected chi connectivity index (χ0v) is 18.4. The molecular formula is C24H20N6OS. The fourth-order valence-electron chi connectivity index (χ4n) is 3.71. The minimum atomic E-state index is -0.354. The summed E-state index contributed by atoms with van der Waals surface area (Å²) in [6.45, 7) is 3.97. The first-order chi connectivity index (χ1) is 15.5. The number of hydrogen-bond acceptors (Lipinski definition) is 6. The number of benzene rings is 2. The highest BCUT2D eigenvalue weighted by atomic mass is 32.1. The van der Waals surface area contributed by atoms with Crippen LogP contribution in [0.5, 0.6) is 0 Å². The number of nitrogens with zero attached hydrogens (tertiary/aromatic N) is 4. The molecule has 3 heterocycles. The SMILES string of the molecule is Cc1cc(C)cc(NC(=O)c2c(N)n(N=Cc3cccs3)c3nc4ccccc4nc23)c1. The van der Waals surface area contributed by atoms with Crippen molar-refractivity contribution in [2.45, 2.75) is 13.8 Å². The molecule has 0 saturated carbocycles. The van der Waals surface area contributed by atoms with Crippen LogP contribution >= 0.6 is 11.3 Å². The zero-order valence-electron chi connectivity index (χ0n) is 17.5. The van der Waals surface area contributed by atoms with E-state index in [0.29, 0.717) is 27.9 Å². The number of carbonyl (C=O) groups excluding carboxylic acids is 1. The number of aryl methyl sites for hydroxylation is 2. The monoisotopic (exact) mass is 440 g/mol. The summed E-state index contributed by atoms with van der Waals surface area (Å²) >= 11 is 1.55. The van der Waals surface area contributed by atoms with E-state index in [0.717, 1.165) is 16.0 Å². The topological polar surface area (TPSA) is 98.2 Å². The standard InChI is InChI=1S/C24H20N6OS/c1-14-10-15(2)12-16(11-14)27-24(31)20-21-23(29-19-8-4-3-7-18(19)28-21)30(22(20)25)26-13-17-6-5-9-32-17/h3-13H,25H2,1-2H3,(H,27,31). The molecule has 3 N–H and O–H groups in total. The Morgan fingerprint density at radius 3 is 2.47 bits per heavy atom. The Labute approximate surface area is 188 Å². The first kappa shape index (κ1) is 19.9. The molecule has 5 rings (SSSR count). The first-order valence-corrected chi connectivity index (χ1v) is 10.9. The van der Waals surface area contributed by atoms with Gasteiger partial charge in [0.25, 0.3) is 5.91 Å². The highest BCUT2D eigenvalue weighted by molar-refractivity contribution is 7.11. The van der Waals surface area contributed by atoms with Crippen LogP contribution in [0.2, 0.25) is 0 Å². The van der Waals surface area contributed by atoms with Gasteiger partial charge in [-0.3, -0.25) is 4.79 Å². The number of nitrogens with one attached hydrogen (secondary N) is 1. The molecule has 5 aromatic rings. The van der Waals surface area contributed by atoms with Crippen molar-refractivity contribution >= 4 is 57.2 Å². The molecule has 3 aromatic heterocycles. The molecule has 0 radical (unpaired) electrons. The quantitative estimate of drug-likeness (QED) is 0.385. The van der Waals surface area contributed by atoms with Crippen LogP contribution in [0.1, 0.15) is 26.4 Å². The van der Waals surface area contributed by atoms with Crippen molar-refractivity contribution in [1.82, 2.24) is 14.6 Å². The van der Waals surface area contributed by atoms with Crippen LogP contribution in [0.25, 0.3) is 22.2 Å². The maximum absolute atomic E-state index is 13.3. The number of thiophene rings is 1. The van der Waals surface area contributed by atoms with E-state index in [9.17, 15) is 4.79 Å². The molecule has 32 heavy (non-hydrogen) atoms. The van der Waals surface area contributed by atoms with E-state index < -0.39 is 0 Å². The number of aromatic nitrogens is 3. The number of fused-ring (bicyclic) bond motifs is 2. The summed E-state index contributed by atoms with van der Waals surface area (Å²) in [6.07, 6.45) is 1.70. The Morgan fingerprint density at radius 1 is 1.06 bits per heavy atom. The van der Waals surface area contributed by atoms with Gasteiger partial charge in [0.15, 0.2) is 5.65 Å². The lowest BCUT2D eigenvalue weighted by atomic mass is 10.1.